The Morgan fingerprint density at radius 2 is 2.05 bits per heavy atom. The lowest BCUT2D eigenvalue weighted by atomic mass is 9.99. The second kappa shape index (κ2) is 8.23. The molecule has 0 aliphatic carbocycles. The van der Waals surface area contributed by atoms with Crippen molar-refractivity contribution in [3.05, 3.63) is 33.8 Å². The Morgan fingerprint density at radius 3 is 2.65 bits per heavy atom. The molecular weight excluding hydrogens is 293 g/mol. The van der Waals surface area contributed by atoms with Gasteiger partial charge in [0.05, 0.1) is 6.10 Å². The van der Waals surface area contributed by atoms with E-state index in [1.165, 1.54) is 18.4 Å². The predicted octanol–water partition coefficient (Wildman–Crippen LogP) is 4.99. The Hall–Kier alpha value is -0.280. The lowest BCUT2D eigenvalue weighted by molar-refractivity contribution is 0.101. The fraction of sp³-hybridized carbons (Fsp3) is 0.625. The van der Waals surface area contributed by atoms with Crippen molar-refractivity contribution < 1.29 is 4.74 Å². The minimum absolute atomic E-state index is 0.317. The summed E-state index contributed by atoms with van der Waals surface area (Å²) in [4.78, 5) is 0. The Bertz CT molecular complexity index is 399. The van der Waals surface area contributed by atoms with Gasteiger partial charge in [0.25, 0.3) is 0 Å². The van der Waals surface area contributed by atoms with Crippen molar-refractivity contribution in [3.8, 4) is 0 Å². The lowest BCUT2D eigenvalue weighted by Gasteiger charge is -2.20. The molecule has 0 amide bonds. The fourth-order valence-corrected chi connectivity index (χ4v) is 3.37. The van der Waals surface area contributed by atoms with Gasteiger partial charge in [-0.1, -0.05) is 30.1 Å². The SMILES string of the molecule is CCNC(CCCC1CCCO1)c1cc(Cl)cc(Cl)c1. The summed E-state index contributed by atoms with van der Waals surface area (Å²) in [5.74, 6) is 0. The van der Waals surface area contributed by atoms with Gasteiger partial charge in [-0.3, -0.25) is 0 Å². The first-order valence-electron chi connectivity index (χ1n) is 7.50. The maximum atomic E-state index is 6.10. The Kier molecular flexibility index (Phi) is 6.63. The molecule has 1 aromatic carbocycles. The Labute approximate surface area is 131 Å². The average molecular weight is 316 g/mol. The minimum atomic E-state index is 0.317. The highest BCUT2D eigenvalue weighted by Gasteiger charge is 2.17. The fourth-order valence-electron chi connectivity index (χ4n) is 2.83. The molecule has 0 radical (unpaired) electrons. The average Bonchev–Trinajstić information content (AvgIpc) is 2.89. The van der Waals surface area contributed by atoms with E-state index in [9.17, 15) is 0 Å². The minimum Gasteiger partial charge on any atom is -0.378 e. The molecule has 1 aromatic rings. The van der Waals surface area contributed by atoms with E-state index >= 15 is 0 Å². The van der Waals surface area contributed by atoms with Crippen LogP contribution in [0.15, 0.2) is 18.2 Å². The number of nitrogens with one attached hydrogen (secondary N) is 1. The van der Waals surface area contributed by atoms with Crippen molar-refractivity contribution in [1.29, 1.82) is 0 Å². The summed E-state index contributed by atoms with van der Waals surface area (Å²) < 4.78 is 5.68. The van der Waals surface area contributed by atoms with E-state index in [2.05, 4.69) is 12.2 Å². The van der Waals surface area contributed by atoms with Crippen molar-refractivity contribution in [1.82, 2.24) is 5.32 Å². The number of halogens is 2. The third kappa shape index (κ3) is 4.92. The van der Waals surface area contributed by atoms with Gasteiger partial charge < -0.3 is 10.1 Å². The van der Waals surface area contributed by atoms with Crippen molar-refractivity contribution in [2.24, 2.45) is 0 Å². The van der Waals surface area contributed by atoms with E-state index in [1.54, 1.807) is 6.07 Å². The quantitative estimate of drug-likeness (QED) is 0.765. The normalized spacial score (nSPS) is 20.2. The van der Waals surface area contributed by atoms with Gasteiger partial charge in [0, 0.05) is 22.7 Å². The molecule has 0 aromatic heterocycles. The molecule has 1 fully saturated rings. The second-order valence-corrected chi connectivity index (χ2v) is 6.25. The zero-order valence-corrected chi connectivity index (χ0v) is 13.5. The highest BCUT2D eigenvalue weighted by Crippen LogP contribution is 2.27. The van der Waals surface area contributed by atoms with Crippen LogP contribution in [0.4, 0.5) is 0 Å². The largest absolute Gasteiger partial charge is 0.378 e. The molecular formula is C16H23Cl2NO. The van der Waals surface area contributed by atoms with E-state index in [4.69, 9.17) is 27.9 Å². The topological polar surface area (TPSA) is 21.3 Å². The van der Waals surface area contributed by atoms with Crippen LogP contribution >= 0.6 is 23.2 Å². The van der Waals surface area contributed by atoms with E-state index < -0.39 is 0 Å². The molecule has 0 spiro atoms. The lowest BCUT2D eigenvalue weighted by Crippen LogP contribution is -2.21. The van der Waals surface area contributed by atoms with Gasteiger partial charge in [0.15, 0.2) is 0 Å². The van der Waals surface area contributed by atoms with E-state index in [1.807, 2.05) is 12.1 Å². The summed E-state index contributed by atoms with van der Waals surface area (Å²) in [5.41, 5.74) is 1.18. The van der Waals surface area contributed by atoms with Crippen LogP contribution in [0.25, 0.3) is 0 Å². The number of rotatable bonds is 7. The first kappa shape index (κ1) is 16.1. The van der Waals surface area contributed by atoms with Crippen LogP contribution < -0.4 is 5.32 Å². The highest BCUT2D eigenvalue weighted by atomic mass is 35.5. The first-order valence-corrected chi connectivity index (χ1v) is 8.25. The van der Waals surface area contributed by atoms with Gasteiger partial charge in [-0.2, -0.15) is 0 Å². The highest BCUT2D eigenvalue weighted by molar-refractivity contribution is 6.34. The van der Waals surface area contributed by atoms with Crippen molar-refractivity contribution >= 4 is 23.2 Å². The summed E-state index contributed by atoms with van der Waals surface area (Å²) in [5, 5.41) is 4.93. The summed E-state index contributed by atoms with van der Waals surface area (Å²) in [7, 11) is 0. The van der Waals surface area contributed by atoms with E-state index in [0.717, 1.165) is 32.4 Å². The summed E-state index contributed by atoms with van der Waals surface area (Å²) in [6.07, 6.45) is 6.30. The van der Waals surface area contributed by atoms with Crippen LogP contribution in [-0.4, -0.2) is 19.3 Å². The van der Waals surface area contributed by atoms with Crippen molar-refractivity contribution in [2.45, 2.75) is 51.2 Å². The molecule has 20 heavy (non-hydrogen) atoms. The maximum Gasteiger partial charge on any atom is 0.0576 e. The van der Waals surface area contributed by atoms with Crippen LogP contribution in [0.3, 0.4) is 0 Å². The third-order valence-electron chi connectivity index (χ3n) is 3.78. The van der Waals surface area contributed by atoms with Gasteiger partial charge in [-0.25, -0.2) is 0 Å². The van der Waals surface area contributed by atoms with Gasteiger partial charge in [-0.05, 0) is 62.4 Å². The molecule has 2 atom stereocenters. The molecule has 1 saturated heterocycles. The van der Waals surface area contributed by atoms with Crippen LogP contribution in [-0.2, 0) is 4.74 Å². The molecule has 1 aliphatic heterocycles. The van der Waals surface area contributed by atoms with Gasteiger partial charge in [-0.15, -0.1) is 0 Å². The summed E-state index contributed by atoms with van der Waals surface area (Å²) in [6, 6.07) is 6.11. The first-order chi connectivity index (χ1) is 9.69. The molecule has 2 unspecified atom stereocenters. The standard InChI is InChI=1S/C16H23Cl2NO/c1-2-19-16(7-3-5-15-6-4-8-20-15)12-9-13(17)11-14(18)10-12/h9-11,15-16,19H,2-8H2,1H3. The number of hydrogen-bond acceptors (Lipinski definition) is 2. The molecule has 2 nitrogen and oxygen atoms in total. The Balaban J connectivity index is 1.91. The predicted molar refractivity (Wildman–Crippen MR) is 85.7 cm³/mol. The molecule has 0 saturated carbocycles. The Morgan fingerprint density at radius 1 is 1.30 bits per heavy atom. The van der Waals surface area contributed by atoms with Gasteiger partial charge >= 0.3 is 0 Å². The van der Waals surface area contributed by atoms with Gasteiger partial charge in [0.2, 0.25) is 0 Å². The van der Waals surface area contributed by atoms with Crippen molar-refractivity contribution in [2.75, 3.05) is 13.2 Å². The smallest absolute Gasteiger partial charge is 0.0576 e. The third-order valence-corrected chi connectivity index (χ3v) is 4.22. The number of benzene rings is 1. The molecule has 112 valence electrons. The molecule has 1 N–H and O–H groups in total. The zero-order valence-electron chi connectivity index (χ0n) is 12.0. The van der Waals surface area contributed by atoms with Crippen LogP contribution in [0.2, 0.25) is 10.0 Å². The molecule has 2 rings (SSSR count). The second-order valence-electron chi connectivity index (χ2n) is 5.38. The van der Waals surface area contributed by atoms with Crippen LogP contribution in [0.5, 0.6) is 0 Å². The molecule has 1 aliphatic rings. The van der Waals surface area contributed by atoms with Gasteiger partial charge in [0.1, 0.15) is 0 Å². The van der Waals surface area contributed by atoms with E-state index in [0.29, 0.717) is 22.2 Å². The van der Waals surface area contributed by atoms with Crippen molar-refractivity contribution in [3.63, 3.8) is 0 Å². The molecule has 0 bridgehead atoms. The zero-order chi connectivity index (χ0) is 14.4. The molecule has 4 heteroatoms. The number of ether oxygens (including phenoxy) is 1. The molecule has 1 heterocycles. The summed E-state index contributed by atoms with van der Waals surface area (Å²) >= 11 is 12.2. The van der Waals surface area contributed by atoms with Crippen LogP contribution in [0.1, 0.15) is 50.6 Å². The van der Waals surface area contributed by atoms with Crippen LogP contribution in [0, 0.1) is 0 Å². The summed E-state index contributed by atoms with van der Waals surface area (Å²) in [6.45, 7) is 4.00. The number of hydrogen-bond donors (Lipinski definition) is 1. The monoisotopic (exact) mass is 315 g/mol. The van der Waals surface area contributed by atoms with E-state index in [-0.39, 0.29) is 0 Å². The maximum absolute atomic E-state index is 6.10.